The summed E-state index contributed by atoms with van der Waals surface area (Å²) >= 11 is 3.62. The molecule has 2 aliphatic heterocycles. The first-order valence-corrected chi connectivity index (χ1v) is 11.5. The van der Waals surface area contributed by atoms with Gasteiger partial charge in [0.05, 0.1) is 31.5 Å². The summed E-state index contributed by atoms with van der Waals surface area (Å²) in [5, 5.41) is 7.13. The van der Waals surface area contributed by atoms with Crippen LogP contribution in [0.15, 0.2) is 70.2 Å². The smallest absolute Gasteiger partial charge is 0.217 e. The van der Waals surface area contributed by atoms with Gasteiger partial charge in [0.2, 0.25) is 6.23 Å². The summed E-state index contributed by atoms with van der Waals surface area (Å²) in [6.07, 6.45) is 1.44. The number of aryl methyl sites for hydroxylation is 1. The lowest BCUT2D eigenvalue weighted by Crippen LogP contribution is -2.34. The molecule has 0 bridgehead atoms. The molecule has 0 amide bonds. The number of methoxy groups -OCH3 is 2. The van der Waals surface area contributed by atoms with Crippen molar-refractivity contribution in [3.63, 3.8) is 0 Å². The molecule has 32 heavy (non-hydrogen) atoms. The van der Waals surface area contributed by atoms with Crippen LogP contribution in [0.1, 0.15) is 47.9 Å². The van der Waals surface area contributed by atoms with Crippen LogP contribution in [-0.2, 0) is 6.42 Å². The predicted octanol–water partition coefficient (Wildman–Crippen LogP) is 6.27. The summed E-state index contributed by atoms with van der Waals surface area (Å²) in [6, 6.07) is 20.7. The van der Waals surface area contributed by atoms with Crippen LogP contribution in [0.25, 0.3) is 0 Å². The second-order valence-electron chi connectivity index (χ2n) is 7.96. The quantitative estimate of drug-likeness (QED) is 0.420. The van der Waals surface area contributed by atoms with Gasteiger partial charge in [-0.1, -0.05) is 47.1 Å². The highest BCUT2D eigenvalue weighted by molar-refractivity contribution is 9.10. The number of hydrazone groups is 1. The van der Waals surface area contributed by atoms with Gasteiger partial charge < -0.3 is 14.2 Å². The molecule has 2 atom stereocenters. The molecule has 3 aromatic carbocycles. The Morgan fingerprint density at radius 3 is 2.53 bits per heavy atom. The van der Waals surface area contributed by atoms with Gasteiger partial charge in [0.25, 0.3) is 0 Å². The highest BCUT2D eigenvalue weighted by Gasteiger charge is 2.42. The summed E-state index contributed by atoms with van der Waals surface area (Å²) in [4.78, 5) is 0. The van der Waals surface area contributed by atoms with Crippen molar-refractivity contribution in [1.82, 2.24) is 5.01 Å². The first kappa shape index (κ1) is 20.9. The van der Waals surface area contributed by atoms with Crippen LogP contribution >= 0.6 is 15.9 Å². The number of rotatable bonds is 5. The Morgan fingerprint density at radius 2 is 1.81 bits per heavy atom. The minimum absolute atomic E-state index is 0.0777. The fraction of sp³-hybridized carbons (Fsp3) is 0.269. The Bertz CT molecular complexity index is 1180. The van der Waals surface area contributed by atoms with E-state index in [1.807, 2.05) is 30.3 Å². The first-order valence-electron chi connectivity index (χ1n) is 10.7. The van der Waals surface area contributed by atoms with Crippen molar-refractivity contribution in [2.45, 2.75) is 32.0 Å². The number of benzene rings is 3. The van der Waals surface area contributed by atoms with Crippen molar-refractivity contribution < 1.29 is 14.2 Å². The second kappa shape index (κ2) is 8.51. The van der Waals surface area contributed by atoms with Gasteiger partial charge in [-0.15, -0.1) is 0 Å². The van der Waals surface area contributed by atoms with Gasteiger partial charge >= 0.3 is 0 Å². The molecule has 5 rings (SSSR count). The van der Waals surface area contributed by atoms with Gasteiger partial charge in [-0.3, -0.25) is 0 Å². The van der Waals surface area contributed by atoms with Gasteiger partial charge in [0, 0.05) is 22.5 Å². The summed E-state index contributed by atoms with van der Waals surface area (Å²) in [5.41, 5.74) is 5.58. The Kier molecular flexibility index (Phi) is 5.55. The van der Waals surface area contributed by atoms with Gasteiger partial charge in [-0.25, -0.2) is 5.01 Å². The molecular weight excluding hydrogens is 468 g/mol. The van der Waals surface area contributed by atoms with E-state index in [9.17, 15) is 0 Å². The number of hydrogen-bond donors (Lipinski definition) is 0. The molecule has 3 aromatic rings. The number of fused-ring (bicyclic) bond motifs is 3. The number of halogens is 1. The maximum Gasteiger partial charge on any atom is 0.217 e. The van der Waals surface area contributed by atoms with E-state index in [-0.39, 0.29) is 6.04 Å². The summed E-state index contributed by atoms with van der Waals surface area (Å²) in [6.45, 7) is 2.17. The average Bonchev–Trinajstić information content (AvgIpc) is 3.29. The Balaban J connectivity index is 1.60. The molecular formula is C26H25BrN2O3. The molecule has 2 heterocycles. The molecule has 0 aromatic heterocycles. The van der Waals surface area contributed by atoms with Crippen molar-refractivity contribution in [2.75, 3.05) is 14.2 Å². The van der Waals surface area contributed by atoms with E-state index in [2.05, 4.69) is 58.2 Å². The molecule has 2 aliphatic rings. The van der Waals surface area contributed by atoms with Crippen LogP contribution in [0.2, 0.25) is 0 Å². The van der Waals surface area contributed by atoms with Crippen molar-refractivity contribution in [1.29, 1.82) is 0 Å². The minimum atomic E-state index is -0.401. The van der Waals surface area contributed by atoms with E-state index in [0.29, 0.717) is 5.75 Å². The maximum atomic E-state index is 6.50. The van der Waals surface area contributed by atoms with Gasteiger partial charge in [0.1, 0.15) is 17.2 Å². The monoisotopic (exact) mass is 492 g/mol. The molecule has 5 nitrogen and oxygen atoms in total. The number of ether oxygens (including phenoxy) is 3. The van der Waals surface area contributed by atoms with E-state index >= 15 is 0 Å². The van der Waals surface area contributed by atoms with Gasteiger partial charge in [-0.05, 0) is 47.9 Å². The molecule has 0 saturated heterocycles. The molecule has 0 radical (unpaired) electrons. The molecule has 0 saturated carbocycles. The minimum Gasteiger partial charge on any atom is -0.497 e. The Morgan fingerprint density at radius 1 is 1.00 bits per heavy atom. The van der Waals surface area contributed by atoms with Crippen molar-refractivity contribution in [3.05, 3.63) is 87.4 Å². The largest absolute Gasteiger partial charge is 0.497 e. The van der Waals surface area contributed by atoms with Crippen LogP contribution in [0.3, 0.4) is 0 Å². The van der Waals surface area contributed by atoms with Gasteiger partial charge in [-0.2, -0.15) is 5.10 Å². The number of nitrogens with zero attached hydrogens (tertiary/aromatic N) is 2. The maximum absolute atomic E-state index is 6.50. The zero-order valence-electron chi connectivity index (χ0n) is 18.3. The van der Waals surface area contributed by atoms with E-state index in [1.54, 1.807) is 14.2 Å². The van der Waals surface area contributed by atoms with Crippen LogP contribution < -0.4 is 14.2 Å². The Hall–Kier alpha value is -2.99. The van der Waals surface area contributed by atoms with Crippen LogP contribution in [0, 0.1) is 0 Å². The van der Waals surface area contributed by atoms with E-state index in [1.165, 1.54) is 5.56 Å². The average molecular weight is 493 g/mol. The fourth-order valence-corrected chi connectivity index (χ4v) is 4.77. The van der Waals surface area contributed by atoms with Crippen LogP contribution in [0.5, 0.6) is 17.2 Å². The SMILES string of the molecule is CCc1ccc(C2=NN3[C@@H](C2)c2cc(Br)ccc2O[C@H]3c2ccc(OC)cc2OC)cc1. The predicted molar refractivity (Wildman–Crippen MR) is 129 cm³/mol. The van der Waals surface area contributed by atoms with E-state index in [4.69, 9.17) is 19.3 Å². The molecule has 0 N–H and O–H groups in total. The standard InChI is InChI=1S/C26H25BrN2O3/c1-4-16-5-7-17(8-6-16)22-15-23-21-13-18(27)9-12-24(21)32-26(29(23)28-22)20-11-10-19(30-2)14-25(20)31-3/h5-14,23,26H,4,15H2,1-3H3/t23-,26-/m0/s1. The lowest BCUT2D eigenvalue weighted by molar-refractivity contribution is -0.0204. The lowest BCUT2D eigenvalue weighted by atomic mass is 9.95. The summed E-state index contributed by atoms with van der Waals surface area (Å²) in [5.74, 6) is 2.32. The summed E-state index contributed by atoms with van der Waals surface area (Å²) in [7, 11) is 3.31. The van der Waals surface area contributed by atoms with Crippen molar-refractivity contribution in [2.24, 2.45) is 5.10 Å². The molecule has 0 spiro atoms. The van der Waals surface area contributed by atoms with Crippen molar-refractivity contribution >= 4 is 21.6 Å². The number of hydrogen-bond acceptors (Lipinski definition) is 5. The Labute approximate surface area is 196 Å². The molecule has 0 fully saturated rings. The topological polar surface area (TPSA) is 43.3 Å². The zero-order chi connectivity index (χ0) is 22.2. The van der Waals surface area contributed by atoms with Gasteiger partial charge in [0.15, 0.2) is 0 Å². The summed E-state index contributed by atoms with van der Waals surface area (Å²) < 4.78 is 18.6. The lowest BCUT2D eigenvalue weighted by Gasteiger charge is -2.38. The normalized spacial score (nSPS) is 19.0. The molecule has 6 heteroatoms. The molecule has 164 valence electrons. The third kappa shape index (κ3) is 3.62. The second-order valence-corrected chi connectivity index (χ2v) is 8.87. The van der Waals surface area contributed by atoms with E-state index in [0.717, 1.165) is 51.2 Å². The van der Waals surface area contributed by atoms with Crippen LogP contribution in [-0.4, -0.2) is 24.9 Å². The van der Waals surface area contributed by atoms with Crippen LogP contribution in [0.4, 0.5) is 0 Å². The fourth-order valence-electron chi connectivity index (χ4n) is 4.39. The third-order valence-corrected chi connectivity index (χ3v) is 6.65. The third-order valence-electron chi connectivity index (χ3n) is 6.15. The highest BCUT2D eigenvalue weighted by atomic mass is 79.9. The molecule has 0 aliphatic carbocycles. The van der Waals surface area contributed by atoms with E-state index < -0.39 is 6.23 Å². The highest BCUT2D eigenvalue weighted by Crippen LogP contribution is 2.49. The first-order chi connectivity index (χ1) is 15.6. The molecule has 0 unspecified atom stereocenters. The zero-order valence-corrected chi connectivity index (χ0v) is 19.9. The van der Waals surface area contributed by atoms with Crippen molar-refractivity contribution in [3.8, 4) is 17.2 Å².